The van der Waals surface area contributed by atoms with Crippen LogP contribution in [0.1, 0.15) is 58.2 Å². The number of aryl methyl sites for hydroxylation is 1. The fourth-order valence-corrected chi connectivity index (χ4v) is 2.72. The Morgan fingerprint density at radius 2 is 2.25 bits per heavy atom. The van der Waals surface area contributed by atoms with Crippen LogP contribution >= 0.6 is 0 Å². The highest BCUT2D eigenvalue weighted by molar-refractivity contribution is 4.89. The van der Waals surface area contributed by atoms with E-state index in [2.05, 4.69) is 41.1 Å². The fraction of sp³-hybridized carbons (Fsp3) is 0.867. The average molecular weight is 280 g/mol. The van der Waals surface area contributed by atoms with Crippen LogP contribution in [0.4, 0.5) is 0 Å². The molecule has 1 N–H and O–H groups in total. The Morgan fingerprint density at radius 3 is 3.00 bits per heavy atom. The van der Waals surface area contributed by atoms with E-state index < -0.39 is 0 Å². The number of nitrogens with zero attached hydrogens (tertiary/aromatic N) is 3. The number of aromatic nitrogens is 2. The quantitative estimate of drug-likeness (QED) is 0.831. The monoisotopic (exact) mass is 280 g/mol. The molecule has 114 valence electrons. The summed E-state index contributed by atoms with van der Waals surface area (Å²) >= 11 is 0. The van der Waals surface area contributed by atoms with Gasteiger partial charge in [-0.1, -0.05) is 32.3 Å². The maximum absolute atomic E-state index is 5.28. The van der Waals surface area contributed by atoms with Crippen molar-refractivity contribution in [3.8, 4) is 0 Å². The van der Waals surface area contributed by atoms with Crippen molar-refractivity contribution in [1.82, 2.24) is 20.4 Å². The predicted octanol–water partition coefficient (Wildman–Crippen LogP) is 2.37. The minimum atomic E-state index is 0.542. The normalized spacial score (nSPS) is 20.7. The third-order valence-electron chi connectivity index (χ3n) is 3.83. The first-order valence-corrected chi connectivity index (χ1v) is 7.98. The van der Waals surface area contributed by atoms with Gasteiger partial charge < -0.3 is 9.84 Å². The highest BCUT2D eigenvalue weighted by Crippen LogP contribution is 2.18. The van der Waals surface area contributed by atoms with Gasteiger partial charge in [-0.3, -0.25) is 4.90 Å². The second kappa shape index (κ2) is 7.74. The van der Waals surface area contributed by atoms with Crippen molar-refractivity contribution in [2.24, 2.45) is 0 Å². The van der Waals surface area contributed by atoms with Crippen molar-refractivity contribution in [1.29, 1.82) is 0 Å². The Balaban J connectivity index is 1.89. The molecule has 1 aliphatic heterocycles. The van der Waals surface area contributed by atoms with E-state index in [9.17, 15) is 0 Å². The molecule has 20 heavy (non-hydrogen) atoms. The summed E-state index contributed by atoms with van der Waals surface area (Å²) in [7, 11) is 0. The van der Waals surface area contributed by atoms with Crippen LogP contribution in [0.3, 0.4) is 0 Å². The van der Waals surface area contributed by atoms with Crippen LogP contribution < -0.4 is 5.32 Å². The van der Waals surface area contributed by atoms with E-state index in [0.717, 1.165) is 44.2 Å². The van der Waals surface area contributed by atoms with E-state index in [1.165, 1.54) is 19.3 Å². The second-order valence-electron chi connectivity index (χ2n) is 6.04. The first-order valence-electron chi connectivity index (χ1n) is 7.98. The molecule has 0 radical (unpaired) electrons. The van der Waals surface area contributed by atoms with Gasteiger partial charge in [-0.2, -0.15) is 4.98 Å². The topological polar surface area (TPSA) is 54.2 Å². The lowest BCUT2D eigenvalue weighted by Crippen LogP contribution is -2.46. The van der Waals surface area contributed by atoms with Crippen molar-refractivity contribution >= 4 is 0 Å². The lowest BCUT2D eigenvalue weighted by molar-refractivity contribution is 0.131. The highest BCUT2D eigenvalue weighted by atomic mass is 16.5. The molecule has 1 unspecified atom stereocenters. The number of hydrogen-bond donors (Lipinski definition) is 1. The summed E-state index contributed by atoms with van der Waals surface area (Å²) in [5.74, 6) is 1.61. The summed E-state index contributed by atoms with van der Waals surface area (Å²) in [5.41, 5.74) is 0. The Morgan fingerprint density at radius 1 is 1.40 bits per heavy atom. The fourth-order valence-electron chi connectivity index (χ4n) is 2.72. The van der Waals surface area contributed by atoms with Crippen LogP contribution in [-0.2, 0) is 13.0 Å². The molecule has 1 fully saturated rings. The average Bonchev–Trinajstić information content (AvgIpc) is 2.85. The van der Waals surface area contributed by atoms with E-state index in [-0.39, 0.29) is 0 Å². The van der Waals surface area contributed by atoms with Gasteiger partial charge in [0.15, 0.2) is 5.82 Å². The van der Waals surface area contributed by atoms with Crippen molar-refractivity contribution in [3.05, 3.63) is 11.7 Å². The van der Waals surface area contributed by atoms with E-state index in [1.54, 1.807) is 0 Å². The Kier molecular flexibility index (Phi) is 5.98. The van der Waals surface area contributed by atoms with Gasteiger partial charge in [0.05, 0.1) is 6.54 Å². The summed E-state index contributed by atoms with van der Waals surface area (Å²) in [6.07, 6.45) is 5.79. The Hall–Kier alpha value is -0.940. The SMILES string of the molecule is CCCc1nc(CN2CCCCC2CNC(C)C)no1. The number of hydrogen-bond acceptors (Lipinski definition) is 5. The first-order chi connectivity index (χ1) is 9.69. The summed E-state index contributed by atoms with van der Waals surface area (Å²) in [4.78, 5) is 6.98. The standard InChI is InChI=1S/C15H28N4O/c1-4-7-15-17-14(18-20-15)11-19-9-6-5-8-13(19)10-16-12(2)3/h12-13,16H,4-11H2,1-3H3. The number of nitrogens with one attached hydrogen (secondary N) is 1. The summed E-state index contributed by atoms with van der Waals surface area (Å²) < 4.78 is 5.28. The number of likely N-dealkylation sites (tertiary alicyclic amines) is 1. The van der Waals surface area contributed by atoms with E-state index >= 15 is 0 Å². The number of rotatable bonds is 7. The van der Waals surface area contributed by atoms with Crippen molar-refractivity contribution < 1.29 is 4.52 Å². The molecule has 1 aliphatic rings. The van der Waals surface area contributed by atoms with E-state index in [1.807, 2.05) is 0 Å². The molecule has 0 bridgehead atoms. The smallest absolute Gasteiger partial charge is 0.226 e. The van der Waals surface area contributed by atoms with Gasteiger partial charge in [0.2, 0.25) is 5.89 Å². The largest absolute Gasteiger partial charge is 0.339 e. The maximum Gasteiger partial charge on any atom is 0.226 e. The summed E-state index contributed by atoms with van der Waals surface area (Å²) in [6.45, 7) is 9.53. The van der Waals surface area contributed by atoms with Gasteiger partial charge in [-0.05, 0) is 25.8 Å². The lowest BCUT2D eigenvalue weighted by Gasteiger charge is -2.35. The Bertz CT molecular complexity index is 391. The van der Waals surface area contributed by atoms with Crippen molar-refractivity contribution in [2.45, 2.75) is 71.5 Å². The van der Waals surface area contributed by atoms with Crippen molar-refractivity contribution in [2.75, 3.05) is 13.1 Å². The summed E-state index contributed by atoms with van der Waals surface area (Å²) in [6, 6.07) is 1.14. The molecule has 0 aliphatic carbocycles. The molecule has 5 nitrogen and oxygen atoms in total. The maximum atomic E-state index is 5.28. The molecule has 1 aromatic rings. The van der Waals surface area contributed by atoms with E-state index in [0.29, 0.717) is 12.1 Å². The van der Waals surface area contributed by atoms with Gasteiger partial charge >= 0.3 is 0 Å². The second-order valence-corrected chi connectivity index (χ2v) is 6.04. The molecule has 1 saturated heterocycles. The zero-order valence-electron chi connectivity index (χ0n) is 13.1. The number of piperidine rings is 1. The summed E-state index contributed by atoms with van der Waals surface area (Å²) in [5, 5.41) is 7.66. The van der Waals surface area contributed by atoms with E-state index in [4.69, 9.17) is 4.52 Å². The third-order valence-corrected chi connectivity index (χ3v) is 3.83. The zero-order chi connectivity index (χ0) is 14.4. The van der Waals surface area contributed by atoms with Crippen LogP contribution in [0.2, 0.25) is 0 Å². The van der Waals surface area contributed by atoms with Crippen LogP contribution in [0.15, 0.2) is 4.52 Å². The molecule has 2 heterocycles. The van der Waals surface area contributed by atoms with Crippen LogP contribution in [0.5, 0.6) is 0 Å². The van der Waals surface area contributed by atoms with Crippen LogP contribution in [0.25, 0.3) is 0 Å². The Labute approximate surface area is 122 Å². The van der Waals surface area contributed by atoms with Crippen molar-refractivity contribution in [3.63, 3.8) is 0 Å². The molecule has 2 rings (SSSR count). The lowest BCUT2D eigenvalue weighted by atomic mass is 10.0. The molecule has 1 atom stereocenters. The third kappa shape index (κ3) is 4.56. The molecule has 0 spiro atoms. The van der Waals surface area contributed by atoms with Gasteiger partial charge in [-0.25, -0.2) is 0 Å². The van der Waals surface area contributed by atoms with Crippen LogP contribution in [-0.4, -0.2) is 40.2 Å². The molecule has 5 heteroatoms. The van der Waals surface area contributed by atoms with Gasteiger partial charge in [-0.15, -0.1) is 0 Å². The highest BCUT2D eigenvalue weighted by Gasteiger charge is 2.23. The molecule has 0 saturated carbocycles. The molecule has 0 amide bonds. The van der Waals surface area contributed by atoms with Crippen LogP contribution in [0, 0.1) is 0 Å². The molecular weight excluding hydrogens is 252 g/mol. The molecule has 0 aromatic carbocycles. The predicted molar refractivity (Wildman–Crippen MR) is 79.5 cm³/mol. The minimum absolute atomic E-state index is 0.542. The zero-order valence-corrected chi connectivity index (χ0v) is 13.1. The van der Waals surface area contributed by atoms with Gasteiger partial charge in [0, 0.05) is 25.0 Å². The van der Waals surface area contributed by atoms with Gasteiger partial charge in [0.1, 0.15) is 0 Å². The minimum Gasteiger partial charge on any atom is -0.339 e. The van der Waals surface area contributed by atoms with Gasteiger partial charge in [0.25, 0.3) is 0 Å². The molecule has 1 aromatic heterocycles. The first kappa shape index (κ1) is 15.4. The molecular formula is C15H28N4O.